The molecule has 0 aliphatic carbocycles. The van der Waals surface area contributed by atoms with Crippen molar-refractivity contribution in [3.05, 3.63) is 0 Å². The molecule has 1 N–H and O–H groups in total. The van der Waals surface area contributed by atoms with Gasteiger partial charge in [0.25, 0.3) is 0 Å². The summed E-state index contributed by atoms with van der Waals surface area (Å²) in [6, 6.07) is 0. The molecule has 2 fully saturated rings. The van der Waals surface area contributed by atoms with Crippen LogP contribution >= 0.6 is 0 Å². The molecule has 0 unspecified atom stereocenters. The van der Waals surface area contributed by atoms with Crippen molar-refractivity contribution in [2.45, 2.75) is 12.8 Å². The number of carbonyl (C=O) groups is 1. The Labute approximate surface area is 109 Å². The number of ether oxygens (including phenoxy) is 1. The van der Waals surface area contributed by atoms with Crippen LogP contribution in [0.1, 0.15) is 12.8 Å². The van der Waals surface area contributed by atoms with Crippen molar-refractivity contribution in [3.63, 3.8) is 0 Å². The summed E-state index contributed by atoms with van der Waals surface area (Å²) in [4.78, 5) is 16.8. The summed E-state index contributed by atoms with van der Waals surface area (Å²) in [5.74, 6) is 0.639. The van der Waals surface area contributed by atoms with Gasteiger partial charge in [-0.25, -0.2) is 0 Å². The van der Waals surface area contributed by atoms with Crippen molar-refractivity contribution in [1.29, 1.82) is 0 Å². The second-order valence-electron chi connectivity index (χ2n) is 5.18. The zero-order valence-corrected chi connectivity index (χ0v) is 11.4. The second-order valence-corrected chi connectivity index (χ2v) is 5.18. The van der Waals surface area contributed by atoms with Crippen LogP contribution in [0.5, 0.6) is 0 Å². The monoisotopic (exact) mass is 255 g/mol. The van der Waals surface area contributed by atoms with Crippen LogP contribution in [0.4, 0.5) is 0 Å². The largest absolute Gasteiger partial charge is 0.383 e. The van der Waals surface area contributed by atoms with E-state index in [2.05, 4.69) is 15.1 Å². The molecule has 2 heterocycles. The molecule has 0 saturated carbocycles. The number of hydrogen-bond donors (Lipinski definition) is 1. The van der Waals surface area contributed by atoms with Crippen LogP contribution in [0.15, 0.2) is 0 Å². The molecule has 2 aliphatic heterocycles. The van der Waals surface area contributed by atoms with Crippen molar-refractivity contribution in [2.24, 2.45) is 5.92 Å². The molecule has 2 saturated heterocycles. The predicted molar refractivity (Wildman–Crippen MR) is 70.5 cm³/mol. The SMILES string of the molecule is COCCN1CCN(C(=O)C2CCNCC2)CC1. The Hall–Kier alpha value is -0.650. The minimum atomic E-state index is 0.261. The van der Waals surface area contributed by atoms with Crippen LogP contribution in [0, 0.1) is 5.92 Å². The average Bonchev–Trinajstić information content (AvgIpc) is 2.46. The summed E-state index contributed by atoms with van der Waals surface area (Å²) < 4.78 is 5.08. The van der Waals surface area contributed by atoms with Gasteiger partial charge in [0.1, 0.15) is 0 Å². The molecule has 0 radical (unpaired) electrons. The van der Waals surface area contributed by atoms with E-state index in [1.807, 2.05) is 0 Å². The molecule has 0 spiro atoms. The van der Waals surface area contributed by atoms with Gasteiger partial charge in [0, 0.05) is 45.8 Å². The fourth-order valence-electron chi connectivity index (χ4n) is 2.74. The minimum Gasteiger partial charge on any atom is -0.383 e. The smallest absolute Gasteiger partial charge is 0.225 e. The molecule has 0 aromatic carbocycles. The van der Waals surface area contributed by atoms with Crippen molar-refractivity contribution in [2.75, 3.05) is 59.5 Å². The summed E-state index contributed by atoms with van der Waals surface area (Å²) in [5, 5.41) is 3.31. The van der Waals surface area contributed by atoms with Crippen molar-refractivity contribution < 1.29 is 9.53 Å². The molecule has 5 nitrogen and oxygen atoms in total. The van der Waals surface area contributed by atoms with Crippen molar-refractivity contribution >= 4 is 5.91 Å². The lowest BCUT2D eigenvalue weighted by atomic mass is 9.96. The molecule has 104 valence electrons. The number of hydrogen-bond acceptors (Lipinski definition) is 4. The minimum absolute atomic E-state index is 0.261. The fourth-order valence-corrected chi connectivity index (χ4v) is 2.74. The quantitative estimate of drug-likeness (QED) is 0.754. The van der Waals surface area contributed by atoms with E-state index >= 15 is 0 Å². The van der Waals surface area contributed by atoms with Crippen molar-refractivity contribution in [1.82, 2.24) is 15.1 Å². The number of piperidine rings is 1. The topological polar surface area (TPSA) is 44.8 Å². The lowest BCUT2D eigenvalue weighted by molar-refractivity contribution is -0.138. The van der Waals surface area contributed by atoms with Gasteiger partial charge in [-0.1, -0.05) is 0 Å². The van der Waals surface area contributed by atoms with Gasteiger partial charge < -0.3 is 15.0 Å². The van der Waals surface area contributed by atoms with Gasteiger partial charge in [-0.3, -0.25) is 9.69 Å². The maximum atomic E-state index is 12.3. The first-order chi connectivity index (χ1) is 8.81. The van der Waals surface area contributed by atoms with Gasteiger partial charge in [-0.2, -0.15) is 0 Å². The average molecular weight is 255 g/mol. The third-order valence-corrected chi connectivity index (χ3v) is 3.98. The van der Waals surface area contributed by atoms with E-state index in [0.29, 0.717) is 5.91 Å². The van der Waals surface area contributed by atoms with Crippen LogP contribution in [-0.4, -0.2) is 75.2 Å². The van der Waals surface area contributed by atoms with Crippen molar-refractivity contribution in [3.8, 4) is 0 Å². The molecule has 0 bridgehead atoms. The van der Waals surface area contributed by atoms with E-state index in [4.69, 9.17) is 4.74 Å². The Morgan fingerprint density at radius 2 is 1.89 bits per heavy atom. The van der Waals surface area contributed by atoms with Crippen LogP contribution in [0.2, 0.25) is 0 Å². The number of carbonyl (C=O) groups excluding carboxylic acids is 1. The first-order valence-electron chi connectivity index (χ1n) is 7.02. The molecule has 0 atom stereocenters. The number of methoxy groups -OCH3 is 1. The van der Waals surface area contributed by atoms with Gasteiger partial charge in [-0.15, -0.1) is 0 Å². The van der Waals surface area contributed by atoms with Gasteiger partial charge in [0.2, 0.25) is 5.91 Å². The standard InChI is InChI=1S/C13H25N3O2/c1-18-11-10-15-6-8-16(9-7-15)13(17)12-2-4-14-5-3-12/h12,14H,2-11H2,1H3. The summed E-state index contributed by atoms with van der Waals surface area (Å²) in [5.41, 5.74) is 0. The molecule has 5 heteroatoms. The fraction of sp³-hybridized carbons (Fsp3) is 0.923. The van der Waals surface area contributed by atoms with E-state index in [0.717, 1.165) is 65.3 Å². The molecular formula is C13H25N3O2. The molecule has 1 amide bonds. The van der Waals surface area contributed by atoms with E-state index in [1.54, 1.807) is 7.11 Å². The van der Waals surface area contributed by atoms with Gasteiger partial charge >= 0.3 is 0 Å². The summed E-state index contributed by atoms with van der Waals surface area (Å²) in [6.07, 6.45) is 2.01. The second kappa shape index (κ2) is 7.07. The van der Waals surface area contributed by atoms with Crippen LogP contribution < -0.4 is 5.32 Å². The number of rotatable bonds is 4. The highest BCUT2D eigenvalue weighted by Crippen LogP contribution is 2.16. The lowest BCUT2D eigenvalue weighted by Gasteiger charge is -2.37. The van der Waals surface area contributed by atoms with Crippen LogP contribution in [-0.2, 0) is 9.53 Å². The van der Waals surface area contributed by atoms with Crippen LogP contribution in [0.3, 0.4) is 0 Å². The van der Waals surface area contributed by atoms with E-state index < -0.39 is 0 Å². The van der Waals surface area contributed by atoms with Gasteiger partial charge in [0.05, 0.1) is 6.61 Å². The number of piperazine rings is 1. The maximum Gasteiger partial charge on any atom is 0.225 e. The predicted octanol–water partition coefficient (Wildman–Crippen LogP) is -0.223. The highest BCUT2D eigenvalue weighted by molar-refractivity contribution is 5.79. The number of nitrogens with zero attached hydrogens (tertiary/aromatic N) is 2. The summed E-state index contributed by atoms with van der Waals surface area (Å²) in [7, 11) is 1.73. The molecule has 0 aromatic rings. The van der Waals surface area contributed by atoms with Gasteiger partial charge in [-0.05, 0) is 25.9 Å². The zero-order valence-electron chi connectivity index (χ0n) is 11.4. The maximum absolute atomic E-state index is 12.3. The lowest BCUT2D eigenvalue weighted by Crippen LogP contribution is -2.51. The number of amides is 1. The van der Waals surface area contributed by atoms with E-state index in [1.165, 1.54) is 0 Å². The third kappa shape index (κ3) is 3.67. The third-order valence-electron chi connectivity index (χ3n) is 3.98. The highest BCUT2D eigenvalue weighted by atomic mass is 16.5. The molecular weight excluding hydrogens is 230 g/mol. The Morgan fingerprint density at radius 1 is 1.22 bits per heavy atom. The summed E-state index contributed by atoms with van der Waals surface area (Å²) >= 11 is 0. The van der Waals surface area contributed by atoms with Gasteiger partial charge in [0.15, 0.2) is 0 Å². The highest BCUT2D eigenvalue weighted by Gasteiger charge is 2.28. The van der Waals surface area contributed by atoms with E-state index in [9.17, 15) is 4.79 Å². The Morgan fingerprint density at radius 3 is 2.50 bits per heavy atom. The first kappa shape index (κ1) is 13.8. The van der Waals surface area contributed by atoms with E-state index in [-0.39, 0.29) is 5.92 Å². The first-order valence-corrected chi connectivity index (χ1v) is 7.02. The Kier molecular flexibility index (Phi) is 5.41. The molecule has 2 rings (SSSR count). The normalized spacial score (nSPS) is 23.3. The Balaban J connectivity index is 1.73. The summed E-state index contributed by atoms with van der Waals surface area (Å²) in [6.45, 7) is 7.47. The molecule has 18 heavy (non-hydrogen) atoms. The molecule has 2 aliphatic rings. The Bertz CT molecular complexity index is 259. The molecule has 0 aromatic heterocycles. The van der Waals surface area contributed by atoms with Crippen LogP contribution in [0.25, 0.3) is 0 Å². The number of nitrogens with one attached hydrogen (secondary N) is 1. The zero-order chi connectivity index (χ0) is 12.8.